The Bertz CT molecular complexity index is 1130. The molecule has 0 fully saturated rings. The highest BCUT2D eigenvalue weighted by atomic mass is 19.4. The van der Waals surface area contributed by atoms with E-state index < -0.39 is 17.9 Å². The smallest absolute Gasteiger partial charge is 0.360 e. The van der Waals surface area contributed by atoms with Crippen LogP contribution >= 0.6 is 0 Å². The third-order valence-corrected chi connectivity index (χ3v) is 4.95. The number of carbonyl (C=O) groups excluding carboxylic acids is 2. The number of fused-ring (bicyclic) bond motifs is 1. The molecule has 2 N–H and O–H groups in total. The molecular weight excluding hydrogens is 407 g/mol. The number of nitrogens with one attached hydrogen (secondary N) is 2. The second-order valence-corrected chi connectivity index (χ2v) is 7.12. The van der Waals surface area contributed by atoms with Crippen LogP contribution in [0.3, 0.4) is 0 Å². The van der Waals surface area contributed by atoms with Gasteiger partial charge >= 0.3 is 6.18 Å². The van der Waals surface area contributed by atoms with Crippen LogP contribution in [0.2, 0.25) is 0 Å². The zero-order valence-electron chi connectivity index (χ0n) is 16.4. The quantitative estimate of drug-likeness (QED) is 0.588. The molecule has 3 aromatic rings. The summed E-state index contributed by atoms with van der Waals surface area (Å²) in [7, 11) is 0. The summed E-state index contributed by atoms with van der Waals surface area (Å²) in [5.41, 5.74) is 1.90. The summed E-state index contributed by atoms with van der Waals surface area (Å²) in [6, 6.07) is 18.4. The molecule has 0 aromatic heterocycles. The van der Waals surface area contributed by atoms with Gasteiger partial charge < -0.3 is 10.6 Å². The van der Waals surface area contributed by atoms with E-state index in [2.05, 4.69) is 10.6 Å². The minimum Gasteiger partial charge on any atom is -0.360 e. The number of halogens is 3. The molecule has 5 nitrogen and oxygen atoms in total. The molecule has 158 valence electrons. The Balaban J connectivity index is 1.76. The van der Waals surface area contributed by atoms with Crippen molar-refractivity contribution < 1.29 is 22.8 Å². The molecule has 4 rings (SSSR count). The van der Waals surface area contributed by atoms with E-state index in [4.69, 9.17) is 0 Å². The van der Waals surface area contributed by atoms with E-state index in [1.54, 1.807) is 48.5 Å². The van der Waals surface area contributed by atoms with Crippen LogP contribution in [0.25, 0.3) is 0 Å². The Morgan fingerprint density at radius 1 is 0.968 bits per heavy atom. The van der Waals surface area contributed by atoms with Gasteiger partial charge in [-0.2, -0.15) is 13.2 Å². The van der Waals surface area contributed by atoms with Gasteiger partial charge in [0.05, 0.1) is 11.1 Å². The molecule has 1 aliphatic rings. The Morgan fingerprint density at radius 2 is 1.61 bits per heavy atom. The second kappa shape index (κ2) is 7.79. The van der Waals surface area contributed by atoms with Gasteiger partial charge in [-0.3, -0.25) is 14.5 Å². The molecule has 0 spiro atoms. The van der Waals surface area contributed by atoms with Gasteiger partial charge in [0.2, 0.25) is 5.91 Å². The second-order valence-electron chi connectivity index (χ2n) is 7.12. The number of para-hydroxylation sites is 1. The van der Waals surface area contributed by atoms with Crippen molar-refractivity contribution in [2.24, 2.45) is 0 Å². The zero-order valence-corrected chi connectivity index (χ0v) is 16.4. The zero-order chi connectivity index (χ0) is 22.2. The molecule has 8 heteroatoms. The SMILES string of the molecule is CC(=O)Nc1ccc(N2C(=O)c3ccccc3N[C@@H]2c2ccc(C(F)(F)F)cc2)cc1. The van der Waals surface area contributed by atoms with Crippen LogP contribution in [0, 0.1) is 0 Å². The van der Waals surface area contributed by atoms with Gasteiger partial charge in [0, 0.05) is 24.0 Å². The van der Waals surface area contributed by atoms with Gasteiger partial charge in [-0.05, 0) is 54.1 Å². The van der Waals surface area contributed by atoms with Crippen LogP contribution in [-0.2, 0) is 11.0 Å². The van der Waals surface area contributed by atoms with Crippen molar-refractivity contribution in [2.45, 2.75) is 19.3 Å². The highest BCUT2D eigenvalue weighted by Gasteiger charge is 2.35. The fraction of sp³-hybridized carbons (Fsp3) is 0.130. The van der Waals surface area contributed by atoms with Gasteiger partial charge in [-0.25, -0.2) is 0 Å². The van der Waals surface area contributed by atoms with Crippen molar-refractivity contribution in [3.8, 4) is 0 Å². The summed E-state index contributed by atoms with van der Waals surface area (Å²) in [5, 5.41) is 5.91. The van der Waals surface area contributed by atoms with Gasteiger partial charge in [0.25, 0.3) is 5.91 Å². The van der Waals surface area contributed by atoms with E-state index in [9.17, 15) is 22.8 Å². The van der Waals surface area contributed by atoms with Crippen LogP contribution in [0.4, 0.5) is 30.2 Å². The molecule has 0 saturated carbocycles. The number of nitrogens with zero attached hydrogens (tertiary/aromatic N) is 1. The minimum absolute atomic E-state index is 0.222. The molecule has 3 aromatic carbocycles. The Labute approximate surface area is 176 Å². The van der Waals surface area contributed by atoms with Crippen LogP contribution in [0.5, 0.6) is 0 Å². The first-order valence-electron chi connectivity index (χ1n) is 9.48. The average Bonchev–Trinajstić information content (AvgIpc) is 2.74. The van der Waals surface area contributed by atoms with E-state index in [1.165, 1.54) is 24.0 Å². The van der Waals surface area contributed by atoms with E-state index in [1.807, 2.05) is 0 Å². The van der Waals surface area contributed by atoms with Crippen LogP contribution in [0.15, 0.2) is 72.8 Å². The third kappa shape index (κ3) is 4.09. The van der Waals surface area contributed by atoms with Crippen molar-refractivity contribution in [1.82, 2.24) is 0 Å². The first-order chi connectivity index (χ1) is 14.7. The minimum atomic E-state index is -4.44. The Morgan fingerprint density at radius 3 is 2.23 bits per heavy atom. The lowest BCUT2D eigenvalue weighted by Gasteiger charge is -2.38. The van der Waals surface area contributed by atoms with Gasteiger partial charge in [0.15, 0.2) is 0 Å². The highest BCUT2D eigenvalue weighted by molar-refractivity contribution is 6.12. The van der Waals surface area contributed by atoms with Crippen LogP contribution in [0.1, 0.15) is 34.6 Å². The lowest BCUT2D eigenvalue weighted by Crippen LogP contribution is -2.43. The molecule has 0 saturated heterocycles. The third-order valence-electron chi connectivity index (χ3n) is 4.95. The fourth-order valence-electron chi connectivity index (χ4n) is 3.52. The average molecular weight is 425 g/mol. The number of alkyl halides is 3. The van der Waals surface area contributed by atoms with E-state index >= 15 is 0 Å². The summed E-state index contributed by atoms with van der Waals surface area (Å²) < 4.78 is 38.9. The van der Waals surface area contributed by atoms with E-state index in [0.717, 1.165) is 12.1 Å². The number of anilines is 3. The lowest BCUT2D eigenvalue weighted by atomic mass is 10.0. The van der Waals surface area contributed by atoms with Gasteiger partial charge in [-0.15, -0.1) is 0 Å². The maximum Gasteiger partial charge on any atom is 0.416 e. The van der Waals surface area contributed by atoms with Crippen molar-refractivity contribution in [3.05, 3.63) is 89.5 Å². The van der Waals surface area contributed by atoms with Gasteiger partial charge in [0.1, 0.15) is 6.17 Å². The highest BCUT2D eigenvalue weighted by Crippen LogP contribution is 2.38. The molecule has 31 heavy (non-hydrogen) atoms. The van der Waals surface area contributed by atoms with Crippen molar-refractivity contribution in [3.63, 3.8) is 0 Å². The molecule has 0 bridgehead atoms. The topological polar surface area (TPSA) is 61.4 Å². The predicted octanol–water partition coefficient (Wildman–Crippen LogP) is 5.43. The molecule has 1 heterocycles. The first kappa shape index (κ1) is 20.5. The van der Waals surface area contributed by atoms with Crippen molar-refractivity contribution in [2.75, 3.05) is 15.5 Å². The summed E-state index contributed by atoms with van der Waals surface area (Å²) in [6.45, 7) is 1.39. The number of benzene rings is 3. The molecule has 2 amide bonds. The van der Waals surface area contributed by atoms with Crippen molar-refractivity contribution in [1.29, 1.82) is 0 Å². The molecular formula is C23H18F3N3O2. The van der Waals surface area contributed by atoms with E-state index in [-0.39, 0.29) is 11.8 Å². The number of hydrogen-bond donors (Lipinski definition) is 2. The molecule has 0 radical (unpaired) electrons. The van der Waals surface area contributed by atoms with Gasteiger partial charge in [-0.1, -0.05) is 24.3 Å². The Hall–Kier alpha value is -3.81. The van der Waals surface area contributed by atoms with Crippen LogP contribution < -0.4 is 15.5 Å². The molecule has 0 aliphatic carbocycles. The predicted molar refractivity (Wildman–Crippen MR) is 112 cm³/mol. The maximum atomic E-state index is 13.3. The largest absolute Gasteiger partial charge is 0.416 e. The summed E-state index contributed by atoms with van der Waals surface area (Å²) in [6.07, 6.45) is -5.16. The molecule has 0 unspecified atom stereocenters. The molecule has 1 atom stereocenters. The normalized spacial score (nSPS) is 15.8. The first-order valence-corrected chi connectivity index (χ1v) is 9.48. The summed E-state index contributed by atoms with van der Waals surface area (Å²) >= 11 is 0. The standard InChI is InChI=1S/C23H18F3N3O2/c1-14(30)27-17-10-12-18(13-11-17)29-21(15-6-8-16(9-7-15)23(24,25)26)28-20-5-3-2-4-19(20)22(29)31/h2-13,21,28H,1H3,(H,27,30)/t21-/m0/s1. The molecule has 1 aliphatic heterocycles. The number of rotatable bonds is 3. The summed E-state index contributed by atoms with van der Waals surface area (Å²) in [4.78, 5) is 26.1. The van der Waals surface area contributed by atoms with Crippen molar-refractivity contribution >= 4 is 28.9 Å². The fourth-order valence-corrected chi connectivity index (χ4v) is 3.52. The number of amides is 2. The monoisotopic (exact) mass is 425 g/mol. The Kier molecular flexibility index (Phi) is 5.14. The van der Waals surface area contributed by atoms with E-state index in [0.29, 0.717) is 28.2 Å². The number of hydrogen-bond acceptors (Lipinski definition) is 3. The lowest BCUT2D eigenvalue weighted by molar-refractivity contribution is -0.137. The number of carbonyl (C=O) groups is 2. The van der Waals surface area contributed by atoms with Crippen LogP contribution in [-0.4, -0.2) is 11.8 Å². The summed E-state index contributed by atoms with van der Waals surface area (Å²) in [5.74, 6) is -0.508. The maximum absolute atomic E-state index is 13.3.